The van der Waals surface area contributed by atoms with Crippen molar-refractivity contribution in [2.45, 2.75) is 43.9 Å². The van der Waals surface area contributed by atoms with Crippen molar-refractivity contribution in [3.05, 3.63) is 22.6 Å². The summed E-state index contributed by atoms with van der Waals surface area (Å²) in [6, 6.07) is 3.40. The molecule has 3 rings (SSSR count). The van der Waals surface area contributed by atoms with Crippen LogP contribution in [0.25, 0.3) is 0 Å². The van der Waals surface area contributed by atoms with Gasteiger partial charge in [-0.1, -0.05) is 0 Å². The molecular weight excluding hydrogens is 340 g/mol. The first-order chi connectivity index (χ1) is 10.0. The third kappa shape index (κ3) is 2.98. The van der Waals surface area contributed by atoms with Crippen LogP contribution in [0, 0.1) is 0 Å². The molecule has 0 aliphatic carbocycles. The number of aliphatic hydroxyl groups is 1. The second-order valence-electron chi connectivity index (χ2n) is 5.60. The van der Waals surface area contributed by atoms with Gasteiger partial charge in [0.25, 0.3) is 5.91 Å². The number of hydrogen-bond acceptors (Lipinski definition) is 4. The summed E-state index contributed by atoms with van der Waals surface area (Å²) in [5, 5.41) is 12.3. The normalized spacial score (nSPS) is 27.7. The van der Waals surface area contributed by atoms with Crippen molar-refractivity contribution >= 4 is 27.7 Å². The van der Waals surface area contributed by atoms with Crippen molar-refractivity contribution in [3.8, 4) is 0 Å². The third-order valence-corrected chi connectivity index (χ3v) is 4.62. The molecule has 2 fully saturated rings. The van der Waals surface area contributed by atoms with Crippen LogP contribution in [0.15, 0.2) is 21.2 Å². The number of piperidine rings is 1. The van der Waals surface area contributed by atoms with Crippen molar-refractivity contribution in [1.29, 1.82) is 0 Å². The lowest BCUT2D eigenvalue weighted by Gasteiger charge is -2.37. The van der Waals surface area contributed by atoms with Crippen LogP contribution in [0.3, 0.4) is 0 Å². The van der Waals surface area contributed by atoms with Gasteiger partial charge in [0.1, 0.15) is 0 Å². The molecule has 2 amide bonds. The average Bonchev–Trinajstić information content (AvgIpc) is 2.98. The Morgan fingerprint density at radius 3 is 2.57 bits per heavy atom. The predicted octanol–water partition coefficient (Wildman–Crippen LogP) is 1.29. The van der Waals surface area contributed by atoms with Crippen LogP contribution in [-0.4, -0.2) is 46.6 Å². The second kappa shape index (κ2) is 5.81. The van der Waals surface area contributed by atoms with E-state index >= 15 is 0 Å². The zero-order valence-electron chi connectivity index (χ0n) is 11.4. The minimum absolute atomic E-state index is 0.0414. The molecule has 0 spiro atoms. The van der Waals surface area contributed by atoms with Gasteiger partial charge >= 0.3 is 0 Å². The fourth-order valence-corrected chi connectivity index (χ4v) is 3.63. The van der Waals surface area contributed by atoms with Gasteiger partial charge in [-0.2, -0.15) is 0 Å². The molecule has 1 aromatic heterocycles. The lowest BCUT2D eigenvalue weighted by atomic mass is 10.00. The van der Waals surface area contributed by atoms with Crippen LogP contribution < -0.4 is 5.32 Å². The van der Waals surface area contributed by atoms with Gasteiger partial charge in [-0.25, -0.2) is 0 Å². The largest absolute Gasteiger partial charge is 0.444 e. The van der Waals surface area contributed by atoms with E-state index in [4.69, 9.17) is 4.42 Å². The van der Waals surface area contributed by atoms with Gasteiger partial charge in [0.05, 0.1) is 12.6 Å². The van der Waals surface area contributed by atoms with Crippen molar-refractivity contribution in [3.63, 3.8) is 0 Å². The highest BCUT2D eigenvalue weighted by Crippen LogP contribution is 2.35. The molecule has 2 aliphatic heterocycles. The van der Waals surface area contributed by atoms with Gasteiger partial charge in [0, 0.05) is 12.1 Å². The number of furan rings is 1. The first-order valence-electron chi connectivity index (χ1n) is 7.07. The Labute approximate surface area is 130 Å². The van der Waals surface area contributed by atoms with Crippen LogP contribution in [0.2, 0.25) is 0 Å². The van der Waals surface area contributed by atoms with Crippen molar-refractivity contribution < 1.29 is 19.1 Å². The van der Waals surface area contributed by atoms with E-state index in [9.17, 15) is 14.7 Å². The smallest absolute Gasteiger partial charge is 0.287 e. The van der Waals surface area contributed by atoms with E-state index in [2.05, 4.69) is 21.2 Å². The molecule has 7 heteroatoms. The highest BCUT2D eigenvalue weighted by Gasteiger charge is 2.42. The molecular formula is C14H17BrN2O4. The first-order valence-corrected chi connectivity index (χ1v) is 7.86. The van der Waals surface area contributed by atoms with E-state index in [1.807, 2.05) is 4.90 Å². The maximum Gasteiger partial charge on any atom is 0.287 e. The molecule has 3 heterocycles. The van der Waals surface area contributed by atoms with Gasteiger partial charge < -0.3 is 19.7 Å². The fraction of sp³-hybridized carbons (Fsp3) is 0.571. The zero-order valence-corrected chi connectivity index (χ0v) is 13.0. The highest BCUT2D eigenvalue weighted by atomic mass is 79.9. The Balaban J connectivity index is 1.56. The standard InChI is InChI=1S/C14H17BrN2O4/c15-12-4-3-11(21-12)14(20)16-7-13(19)17-8-1-2-9(17)6-10(18)5-8/h3-4,8-10,18H,1-2,5-7H2,(H,16,20). The van der Waals surface area contributed by atoms with Crippen molar-refractivity contribution in [1.82, 2.24) is 10.2 Å². The summed E-state index contributed by atoms with van der Waals surface area (Å²) in [7, 11) is 0. The Hall–Kier alpha value is -1.34. The van der Waals surface area contributed by atoms with Crippen molar-refractivity contribution in [2.75, 3.05) is 6.54 Å². The molecule has 0 radical (unpaired) electrons. The van der Waals surface area contributed by atoms with Gasteiger partial charge in [-0.05, 0) is 53.7 Å². The van der Waals surface area contributed by atoms with Crippen molar-refractivity contribution in [2.24, 2.45) is 0 Å². The first kappa shape index (κ1) is 14.6. The third-order valence-electron chi connectivity index (χ3n) is 4.19. The van der Waals surface area contributed by atoms with E-state index in [1.54, 1.807) is 12.1 Å². The lowest BCUT2D eigenvalue weighted by molar-refractivity contribution is -0.136. The van der Waals surface area contributed by atoms with Gasteiger partial charge in [-0.15, -0.1) is 0 Å². The van der Waals surface area contributed by atoms with Gasteiger partial charge in [0.2, 0.25) is 5.91 Å². The van der Waals surface area contributed by atoms with E-state index in [0.29, 0.717) is 17.5 Å². The number of amides is 2. The van der Waals surface area contributed by atoms with E-state index in [-0.39, 0.29) is 36.4 Å². The Bertz CT molecular complexity index is 545. The Kier molecular flexibility index (Phi) is 4.03. The molecule has 2 aliphatic rings. The highest BCUT2D eigenvalue weighted by molar-refractivity contribution is 9.10. The van der Waals surface area contributed by atoms with Crippen LogP contribution in [0.5, 0.6) is 0 Å². The molecule has 21 heavy (non-hydrogen) atoms. The summed E-state index contributed by atoms with van der Waals surface area (Å²) in [4.78, 5) is 26.0. The molecule has 2 bridgehead atoms. The number of nitrogens with zero attached hydrogens (tertiary/aromatic N) is 1. The summed E-state index contributed by atoms with van der Waals surface area (Å²) in [5.41, 5.74) is 0. The number of aliphatic hydroxyl groups excluding tert-OH is 1. The molecule has 0 saturated carbocycles. The Morgan fingerprint density at radius 1 is 1.33 bits per heavy atom. The Morgan fingerprint density at radius 2 is 2.00 bits per heavy atom. The van der Waals surface area contributed by atoms with Crippen LogP contribution in [0.4, 0.5) is 0 Å². The van der Waals surface area contributed by atoms with Crippen LogP contribution in [-0.2, 0) is 4.79 Å². The molecule has 2 unspecified atom stereocenters. The van der Waals surface area contributed by atoms with Crippen LogP contribution >= 0.6 is 15.9 Å². The van der Waals surface area contributed by atoms with E-state index in [1.165, 1.54) is 0 Å². The van der Waals surface area contributed by atoms with Gasteiger partial charge in [-0.3, -0.25) is 9.59 Å². The minimum Gasteiger partial charge on any atom is -0.444 e. The molecule has 0 aromatic carbocycles. The molecule has 114 valence electrons. The summed E-state index contributed by atoms with van der Waals surface area (Å²) in [6.45, 7) is -0.0414. The quantitative estimate of drug-likeness (QED) is 0.854. The second-order valence-corrected chi connectivity index (χ2v) is 6.38. The lowest BCUT2D eigenvalue weighted by Crippen LogP contribution is -2.51. The summed E-state index contributed by atoms with van der Waals surface area (Å²) >= 11 is 3.13. The zero-order chi connectivity index (χ0) is 15.0. The summed E-state index contributed by atoms with van der Waals surface area (Å²) < 4.78 is 5.61. The van der Waals surface area contributed by atoms with Crippen LogP contribution in [0.1, 0.15) is 36.2 Å². The molecule has 2 atom stereocenters. The topological polar surface area (TPSA) is 82.8 Å². The summed E-state index contributed by atoms with van der Waals surface area (Å²) in [5.74, 6) is -0.321. The fourth-order valence-electron chi connectivity index (χ4n) is 3.33. The minimum atomic E-state index is -0.404. The SMILES string of the molecule is O=C(NCC(=O)N1C2CCC1CC(O)C2)c1ccc(Br)o1. The van der Waals surface area contributed by atoms with E-state index in [0.717, 1.165) is 12.8 Å². The number of nitrogens with one attached hydrogen (secondary N) is 1. The number of rotatable bonds is 3. The predicted molar refractivity (Wildman–Crippen MR) is 77.6 cm³/mol. The molecule has 2 N–H and O–H groups in total. The number of carbonyl (C=O) groups is 2. The molecule has 6 nitrogen and oxygen atoms in total. The monoisotopic (exact) mass is 356 g/mol. The number of carbonyl (C=O) groups excluding carboxylic acids is 2. The molecule has 2 saturated heterocycles. The average molecular weight is 357 g/mol. The summed E-state index contributed by atoms with van der Waals surface area (Å²) in [6.07, 6.45) is 2.85. The maximum absolute atomic E-state index is 12.3. The number of fused-ring (bicyclic) bond motifs is 2. The number of hydrogen-bond donors (Lipinski definition) is 2. The molecule has 1 aromatic rings. The van der Waals surface area contributed by atoms with Gasteiger partial charge in [0.15, 0.2) is 10.4 Å². The van der Waals surface area contributed by atoms with E-state index < -0.39 is 5.91 Å². The number of halogens is 1. The maximum atomic E-state index is 12.3.